The zero-order valence-corrected chi connectivity index (χ0v) is 19.8. The van der Waals surface area contributed by atoms with Crippen LogP contribution < -0.4 is 0 Å². The molecular weight excluding hydrogens is 538 g/mol. The van der Waals surface area contributed by atoms with E-state index in [4.69, 9.17) is 0 Å². The molecule has 0 aliphatic carbocycles. The van der Waals surface area contributed by atoms with E-state index >= 15 is 0 Å². The number of aryl methyl sites for hydroxylation is 1. The third-order valence-electron chi connectivity index (χ3n) is 4.30. The molecule has 2 aromatic rings. The number of thioether (sulfide) groups is 1. The molecule has 1 heterocycles. The van der Waals surface area contributed by atoms with Gasteiger partial charge in [-0.1, -0.05) is 37.3 Å². The van der Waals surface area contributed by atoms with E-state index in [0.717, 1.165) is 23.7 Å². The molecule has 3 rings (SSSR count). The average Bonchev–Trinajstić information content (AvgIpc) is 3.00. The van der Waals surface area contributed by atoms with Crippen LogP contribution in [-0.2, 0) is 21.2 Å². The molecule has 1 aliphatic heterocycles. The first-order valence-electron chi connectivity index (χ1n) is 8.97. The molecule has 9 heteroatoms. The van der Waals surface area contributed by atoms with Gasteiger partial charge in [-0.25, -0.2) is 4.39 Å². The third kappa shape index (κ3) is 4.84. The molecule has 156 valence electrons. The molecule has 0 aromatic heterocycles. The number of sulfonamides is 1. The highest BCUT2D eigenvalue weighted by molar-refractivity contribution is 14.1. The SMILES string of the molecule is C=CCN1C(=O)C(=Cc2cccc(I)c2F)SC1=NS(=O)(=O)c1ccc(CC)cc1. The molecule has 2 aromatic carbocycles. The van der Waals surface area contributed by atoms with Crippen LogP contribution in [-0.4, -0.2) is 30.9 Å². The van der Waals surface area contributed by atoms with Gasteiger partial charge in [0.15, 0.2) is 5.17 Å². The highest BCUT2D eigenvalue weighted by atomic mass is 127. The molecule has 1 aliphatic rings. The van der Waals surface area contributed by atoms with Crippen molar-refractivity contribution in [2.45, 2.75) is 18.2 Å². The second-order valence-corrected chi connectivity index (χ2v) is 10.1. The molecule has 1 amide bonds. The summed E-state index contributed by atoms with van der Waals surface area (Å²) < 4.78 is 44.2. The van der Waals surface area contributed by atoms with Crippen LogP contribution in [0.5, 0.6) is 0 Å². The number of benzene rings is 2. The van der Waals surface area contributed by atoms with Gasteiger partial charge in [0.05, 0.1) is 9.80 Å². The normalized spacial score (nSPS) is 17.2. The topological polar surface area (TPSA) is 66.8 Å². The van der Waals surface area contributed by atoms with Crippen LogP contribution in [0.15, 0.2) is 69.3 Å². The van der Waals surface area contributed by atoms with Crippen LogP contribution in [0.2, 0.25) is 0 Å². The molecule has 0 saturated carbocycles. The van der Waals surface area contributed by atoms with E-state index in [2.05, 4.69) is 11.0 Å². The lowest BCUT2D eigenvalue weighted by Crippen LogP contribution is -2.29. The van der Waals surface area contributed by atoms with E-state index < -0.39 is 21.7 Å². The summed E-state index contributed by atoms with van der Waals surface area (Å²) in [5.41, 5.74) is 1.25. The maximum Gasteiger partial charge on any atom is 0.284 e. The number of carbonyl (C=O) groups is 1. The lowest BCUT2D eigenvalue weighted by molar-refractivity contribution is -0.121. The minimum atomic E-state index is -4.02. The summed E-state index contributed by atoms with van der Waals surface area (Å²) in [6.07, 6.45) is 3.67. The molecule has 30 heavy (non-hydrogen) atoms. The second kappa shape index (κ2) is 9.44. The summed E-state index contributed by atoms with van der Waals surface area (Å²) in [5, 5.41) is 0.0109. The summed E-state index contributed by atoms with van der Waals surface area (Å²) in [4.78, 5) is 14.2. The predicted molar refractivity (Wildman–Crippen MR) is 127 cm³/mol. The van der Waals surface area contributed by atoms with E-state index in [1.165, 1.54) is 29.2 Å². The van der Waals surface area contributed by atoms with Crippen molar-refractivity contribution in [3.8, 4) is 0 Å². The molecule has 1 saturated heterocycles. The second-order valence-electron chi connectivity index (χ2n) is 6.30. The molecule has 0 N–H and O–H groups in total. The van der Waals surface area contributed by atoms with E-state index in [1.54, 1.807) is 30.3 Å². The van der Waals surface area contributed by atoms with Crippen LogP contribution in [0.1, 0.15) is 18.1 Å². The van der Waals surface area contributed by atoms with Crippen LogP contribution >= 0.6 is 34.4 Å². The number of halogens is 2. The van der Waals surface area contributed by atoms with Crippen molar-refractivity contribution >= 4 is 61.5 Å². The van der Waals surface area contributed by atoms with Crippen molar-refractivity contribution in [1.29, 1.82) is 0 Å². The molecular formula is C21H18FIN2O3S2. The minimum Gasteiger partial charge on any atom is -0.282 e. The zero-order chi connectivity index (χ0) is 21.9. The molecule has 0 spiro atoms. The van der Waals surface area contributed by atoms with Gasteiger partial charge < -0.3 is 0 Å². The Kier molecular flexibility index (Phi) is 7.14. The number of carbonyl (C=O) groups excluding carboxylic acids is 1. The Labute approximate surface area is 193 Å². The van der Waals surface area contributed by atoms with Crippen LogP contribution in [0.3, 0.4) is 0 Å². The number of hydrogen-bond donors (Lipinski definition) is 0. The minimum absolute atomic E-state index is 0.0109. The van der Waals surface area contributed by atoms with E-state index in [-0.39, 0.29) is 27.1 Å². The van der Waals surface area contributed by atoms with Crippen molar-refractivity contribution < 1.29 is 17.6 Å². The highest BCUT2D eigenvalue weighted by Gasteiger charge is 2.34. The lowest BCUT2D eigenvalue weighted by atomic mass is 10.2. The molecule has 0 atom stereocenters. The highest BCUT2D eigenvalue weighted by Crippen LogP contribution is 2.34. The van der Waals surface area contributed by atoms with Gasteiger partial charge in [-0.15, -0.1) is 11.0 Å². The number of hydrogen-bond acceptors (Lipinski definition) is 4. The first-order valence-corrected chi connectivity index (χ1v) is 12.3. The van der Waals surface area contributed by atoms with Crippen LogP contribution in [0.25, 0.3) is 6.08 Å². The average molecular weight is 556 g/mol. The molecule has 0 unspecified atom stereocenters. The largest absolute Gasteiger partial charge is 0.284 e. The van der Waals surface area contributed by atoms with Gasteiger partial charge in [-0.3, -0.25) is 9.69 Å². The summed E-state index contributed by atoms with van der Waals surface area (Å²) in [6.45, 7) is 5.67. The van der Waals surface area contributed by atoms with Crippen molar-refractivity contribution in [1.82, 2.24) is 4.90 Å². The van der Waals surface area contributed by atoms with Crippen LogP contribution in [0, 0.1) is 9.39 Å². The summed E-state index contributed by atoms with van der Waals surface area (Å²) >= 11 is 2.77. The Morgan fingerprint density at radius 2 is 1.93 bits per heavy atom. The van der Waals surface area contributed by atoms with Crippen molar-refractivity contribution in [3.05, 3.63) is 80.5 Å². The smallest absolute Gasteiger partial charge is 0.282 e. The van der Waals surface area contributed by atoms with Crippen molar-refractivity contribution in [3.63, 3.8) is 0 Å². The summed E-state index contributed by atoms with van der Waals surface area (Å²) in [6, 6.07) is 11.3. The first-order chi connectivity index (χ1) is 14.3. The first kappa shape index (κ1) is 22.7. The van der Waals surface area contributed by atoms with E-state index in [9.17, 15) is 17.6 Å². The van der Waals surface area contributed by atoms with Gasteiger partial charge >= 0.3 is 0 Å². The van der Waals surface area contributed by atoms with E-state index in [0.29, 0.717) is 3.57 Å². The number of rotatable bonds is 6. The fourth-order valence-electron chi connectivity index (χ4n) is 2.69. The summed E-state index contributed by atoms with van der Waals surface area (Å²) in [5.74, 6) is -0.892. The number of nitrogens with zero attached hydrogens (tertiary/aromatic N) is 2. The standard InChI is InChI=1S/C21H18FIN2O3S2/c1-3-12-25-20(26)18(13-15-6-5-7-17(23)19(15)22)29-21(25)24-30(27,28)16-10-8-14(4-2)9-11-16/h3,5-11,13H,1,4,12H2,2H3. The molecule has 0 bridgehead atoms. The Morgan fingerprint density at radius 1 is 1.23 bits per heavy atom. The quantitative estimate of drug-likeness (QED) is 0.290. The lowest BCUT2D eigenvalue weighted by Gasteiger charge is -2.12. The third-order valence-corrected chi connectivity index (χ3v) is 7.53. The fraction of sp³-hybridized carbons (Fsp3) is 0.143. The fourth-order valence-corrected chi connectivity index (χ4v) is 5.39. The maximum atomic E-state index is 14.4. The zero-order valence-electron chi connectivity index (χ0n) is 16.0. The van der Waals surface area contributed by atoms with E-state index in [1.807, 2.05) is 29.5 Å². The number of amides is 1. The van der Waals surface area contributed by atoms with Crippen LogP contribution in [0.4, 0.5) is 4.39 Å². The van der Waals surface area contributed by atoms with Gasteiger partial charge in [0.1, 0.15) is 5.82 Å². The Morgan fingerprint density at radius 3 is 2.57 bits per heavy atom. The Hall–Kier alpha value is -1.98. The molecule has 1 fully saturated rings. The van der Waals surface area contributed by atoms with Gasteiger partial charge in [0, 0.05) is 15.7 Å². The Balaban J connectivity index is 2.00. The monoisotopic (exact) mass is 556 g/mol. The van der Waals surface area contributed by atoms with Gasteiger partial charge in [0.25, 0.3) is 15.9 Å². The van der Waals surface area contributed by atoms with Gasteiger partial charge in [-0.2, -0.15) is 8.42 Å². The summed E-state index contributed by atoms with van der Waals surface area (Å²) in [7, 11) is -4.02. The van der Waals surface area contributed by atoms with Crippen molar-refractivity contribution in [2.75, 3.05) is 6.54 Å². The van der Waals surface area contributed by atoms with Gasteiger partial charge in [-0.05, 0) is 70.6 Å². The maximum absolute atomic E-state index is 14.4. The molecule has 0 radical (unpaired) electrons. The number of amidine groups is 1. The predicted octanol–water partition coefficient (Wildman–Crippen LogP) is 4.84. The van der Waals surface area contributed by atoms with Gasteiger partial charge in [0.2, 0.25) is 0 Å². The Bertz CT molecular complexity index is 1160. The van der Waals surface area contributed by atoms with Crippen molar-refractivity contribution in [2.24, 2.45) is 4.40 Å². The molecule has 5 nitrogen and oxygen atoms in total.